The van der Waals surface area contributed by atoms with E-state index in [1.807, 2.05) is 0 Å². The van der Waals surface area contributed by atoms with Crippen molar-refractivity contribution in [1.82, 2.24) is 5.32 Å². The molecule has 98 valence electrons. The number of nitrogens with one attached hydrogen (secondary N) is 1. The minimum atomic E-state index is 0.272. The lowest BCUT2D eigenvalue weighted by molar-refractivity contribution is 0.149. The topological polar surface area (TPSA) is 21.3 Å². The van der Waals surface area contributed by atoms with Crippen LogP contribution in [0.2, 0.25) is 0 Å². The van der Waals surface area contributed by atoms with Gasteiger partial charge >= 0.3 is 0 Å². The van der Waals surface area contributed by atoms with Gasteiger partial charge in [0.1, 0.15) is 0 Å². The van der Waals surface area contributed by atoms with Gasteiger partial charge in [-0.05, 0) is 46.1 Å². The summed E-state index contributed by atoms with van der Waals surface area (Å²) in [6, 6.07) is 2.50. The first-order chi connectivity index (χ1) is 7.96. The van der Waals surface area contributed by atoms with Gasteiger partial charge in [-0.3, -0.25) is 0 Å². The normalized spacial score (nSPS) is 13.9. The van der Waals surface area contributed by atoms with Crippen molar-refractivity contribution in [1.29, 1.82) is 0 Å². The van der Waals surface area contributed by atoms with Gasteiger partial charge in [-0.15, -0.1) is 11.3 Å². The summed E-state index contributed by atoms with van der Waals surface area (Å²) in [6.07, 6.45) is 1.08. The summed E-state index contributed by atoms with van der Waals surface area (Å²) in [7, 11) is 1.76. The molecule has 0 radical (unpaired) electrons. The average molecular weight is 320 g/mol. The van der Waals surface area contributed by atoms with E-state index in [1.54, 1.807) is 18.4 Å². The first kappa shape index (κ1) is 15.2. The van der Waals surface area contributed by atoms with Crippen molar-refractivity contribution in [3.63, 3.8) is 0 Å². The summed E-state index contributed by atoms with van der Waals surface area (Å²) in [5.41, 5.74) is 0.272. The van der Waals surface area contributed by atoms with Gasteiger partial charge in [0.25, 0.3) is 0 Å². The lowest BCUT2D eigenvalue weighted by Crippen LogP contribution is -2.32. The second-order valence-electron chi connectivity index (χ2n) is 5.14. The van der Waals surface area contributed by atoms with Crippen molar-refractivity contribution < 1.29 is 4.74 Å². The van der Waals surface area contributed by atoms with E-state index < -0.39 is 0 Å². The summed E-state index contributed by atoms with van der Waals surface area (Å²) >= 11 is 5.37. The number of halogens is 1. The molecular formula is C13H22BrNOS. The standard InChI is InChI=1S/C13H22BrNOS/c1-10(12-11(14)5-8-17-12)15-9-13(2,3)6-7-16-4/h5,8,10,15H,6-7,9H2,1-4H3. The molecule has 1 unspecified atom stereocenters. The molecule has 0 aliphatic carbocycles. The molecular weight excluding hydrogens is 298 g/mol. The molecule has 0 aliphatic heterocycles. The van der Waals surface area contributed by atoms with Crippen molar-refractivity contribution in [2.75, 3.05) is 20.3 Å². The molecule has 0 aromatic carbocycles. The van der Waals surface area contributed by atoms with Crippen LogP contribution in [0.4, 0.5) is 0 Å². The number of rotatable bonds is 7. The average Bonchev–Trinajstić information content (AvgIpc) is 2.70. The molecule has 0 fully saturated rings. The Balaban J connectivity index is 2.42. The molecule has 2 nitrogen and oxygen atoms in total. The summed E-state index contributed by atoms with van der Waals surface area (Å²) in [5, 5.41) is 5.72. The molecule has 1 N–H and O–H groups in total. The fraction of sp³-hybridized carbons (Fsp3) is 0.692. The van der Waals surface area contributed by atoms with Crippen LogP contribution in [0.1, 0.15) is 38.1 Å². The minimum Gasteiger partial charge on any atom is -0.385 e. The smallest absolute Gasteiger partial charge is 0.0467 e. The van der Waals surface area contributed by atoms with Gasteiger partial charge in [-0.2, -0.15) is 0 Å². The highest BCUT2D eigenvalue weighted by molar-refractivity contribution is 9.10. The predicted molar refractivity (Wildman–Crippen MR) is 78.7 cm³/mol. The third kappa shape index (κ3) is 5.08. The van der Waals surface area contributed by atoms with Crippen LogP contribution in [0.5, 0.6) is 0 Å². The Kier molecular flexibility index (Phi) is 6.13. The number of thiophene rings is 1. The molecule has 4 heteroatoms. The van der Waals surface area contributed by atoms with Crippen molar-refractivity contribution in [2.24, 2.45) is 5.41 Å². The zero-order valence-corrected chi connectivity index (χ0v) is 13.5. The minimum absolute atomic E-state index is 0.272. The first-order valence-corrected chi connectivity index (χ1v) is 7.59. The van der Waals surface area contributed by atoms with Gasteiger partial charge < -0.3 is 10.1 Å². The number of hydrogen-bond acceptors (Lipinski definition) is 3. The Morgan fingerprint density at radius 2 is 2.24 bits per heavy atom. The largest absolute Gasteiger partial charge is 0.385 e. The molecule has 0 aliphatic rings. The van der Waals surface area contributed by atoms with Crippen molar-refractivity contribution in [3.8, 4) is 0 Å². The van der Waals surface area contributed by atoms with Gasteiger partial charge in [0, 0.05) is 35.7 Å². The quantitative estimate of drug-likeness (QED) is 0.812. The van der Waals surface area contributed by atoms with E-state index >= 15 is 0 Å². The Bertz CT molecular complexity index is 338. The molecule has 1 rings (SSSR count). The molecule has 17 heavy (non-hydrogen) atoms. The molecule has 1 heterocycles. The molecule has 1 aromatic rings. The molecule has 0 amide bonds. The summed E-state index contributed by atoms with van der Waals surface area (Å²) in [5.74, 6) is 0. The van der Waals surface area contributed by atoms with Crippen LogP contribution in [0.25, 0.3) is 0 Å². The molecule has 1 atom stereocenters. The number of ether oxygens (including phenoxy) is 1. The van der Waals surface area contributed by atoms with Gasteiger partial charge in [0.2, 0.25) is 0 Å². The van der Waals surface area contributed by atoms with Crippen LogP contribution < -0.4 is 5.32 Å². The number of methoxy groups -OCH3 is 1. The van der Waals surface area contributed by atoms with E-state index in [0.717, 1.165) is 19.6 Å². The number of hydrogen-bond donors (Lipinski definition) is 1. The van der Waals surface area contributed by atoms with Crippen LogP contribution >= 0.6 is 27.3 Å². The highest BCUT2D eigenvalue weighted by Crippen LogP contribution is 2.29. The van der Waals surface area contributed by atoms with Crippen LogP contribution in [-0.2, 0) is 4.74 Å². The van der Waals surface area contributed by atoms with Crippen molar-refractivity contribution in [3.05, 3.63) is 20.8 Å². The lowest BCUT2D eigenvalue weighted by atomic mass is 9.89. The maximum absolute atomic E-state index is 5.14. The summed E-state index contributed by atoms with van der Waals surface area (Å²) in [4.78, 5) is 1.37. The van der Waals surface area contributed by atoms with Crippen LogP contribution in [0.3, 0.4) is 0 Å². The highest BCUT2D eigenvalue weighted by Gasteiger charge is 2.19. The van der Waals surface area contributed by atoms with Crippen LogP contribution in [-0.4, -0.2) is 20.3 Å². The zero-order chi connectivity index (χ0) is 12.9. The maximum Gasteiger partial charge on any atom is 0.0467 e. The molecule has 0 saturated heterocycles. The fourth-order valence-corrected chi connectivity index (χ4v) is 3.35. The van der Waals surface area contributed by atoms with Crippen molar-refractivity contribution in [2.45, 2.75) is 33.2 Å². The summed E-state index contributed by atoms with van der Waals surface area (Å²) < 4.78 is 6.35. The highest BCUT2D eigenvalue weighted by atomic mass is 79.9. The third-order valence-corrected chi connectivity index (χ3v) is 4.96. The Labute approximate surface area is 117 Å². The molecule has 1 aromatic heterocycles. The van der Waals surface area contributed by atoms with Gasteiger partial charge in [-0.1, -0.05) is 13.8 Å². The predicted octanol–water partition coefficient (Wildman–Crippen LogP) is 4.22. The van der Waals surface area contributed by atoms with Crippen molar-refractivity contribution >= 4 is 27.3 Å². The van der Waals surface area contributed by atoms with E-state index in [0.29, 0.717) is 6.04 Å². The van der Waals surface area contributed by atoms with E-state index in [4.69, 9.17) is 4.74 Å². The Morgan fingerprint density at radius 3 is 2.76 bits per heavy atom. The lowest BCUT2D eigenvalue weighted by Gasteiger charge is -2.26. The van der Waals surface area contributed by atoms with Crippen LogP contribution in [0, 0.1) is 5.41 Å². The summed E-state index contributed by atoms with van der Waals surface area (Å²) in [6.45, 7) is 8.58. The molecule has 0 saturated carbocycles. The van der Waals surface area contributed by atoms with E-state index in [-0.39, 0.29) is 5.41 Å². The van der Waals surface area contributed by atoms with E-state index in [9.17, 15) is 0 Å². The Morgan fingerprint density at radius 1 is 1.53 bits per heavy atom. The zero-order valence-electron chi connectivity index (χ0n) is 11.0. The van der Waals surface area contributed by atoms with E-state index in [2.05, 4.69) is 53.5 Å². The monoisotopic (exact) mass is 319 g/mol. The third-order valence-electron chi connectivity index (χ3n) is 2.91. The van der Waals surface area contributed by atoms with Gasteiger partial charge in [0.15, 0.2) is 0 Å². The van der Waals surface area contributed by atoms with Gasteiger partial charge in [0.05, 0.1) is 0 Å². The second-order valence-corrected chi connectivity index (χ2v) is 6.94. The van der Waals surface area contributed by atoms with Gasteiger partial charge in [-0.25, -0.2) is 0 Å². The molecule has 0 bridgehead atoms. The molecule has 0 spiro atoms. The first-order valence-electron chi connectivity index (χ1n) is 5.91. The fourth-order valence-electron chi connectivity index (χ4n) is 1.60. The Hall–Kier alpha value is 0.100. The SMILES string of the molecule is COCCC(C)(C)CNC(C)c1sccc1Br. The van der Waals surface area contributed by atoms with E-state index in [1.165, 1.54) is 9.35 Å². The maximum atomic E-state index is 5.14. The van der Waals surface area contributed by atoms with Crippen LogP contribution in [0.15, 0.2) is 15.9 Å². The second kappa shape index (κ2) is 6.88.